The largest absolute Gasteiger partial charge is 1.00 e. The smallest absolute Gasteiger partial charge is 0.547 e. The first-order chi connectivity index (χ1) is 5.61. The van der Waals surface area contributed by atoms with E-state index >= 15 is 0 Å². The van der Waals surface area contributed by atoms with Crippen LogP contribution in [0.15, 0.2) is 12.4 Å². The fourth-order valence-corrected chi connectivity index (χ4v) is 0.736. The van der Waals surface area contributed by atoms with E-state index in [-0.39, 0.29) is 29.6 Å². The number of hydrogen-bond acceptors (Lipinski definition) is 5. The Morgan fingerprint density at radius 1 is 1.69 bits per heavy atom. The molecule has 0 saturated carbocycles. The maximum atomic E-state index is 10.2. The van der Waals surface area contributed by atoms with Crippen molar-refractivity contribution in [2.45, 2.75) is 6.54 Å². The molecular weight excluding hydrogens is 189 g/mol. The molecule has 0 saturated heterocycles. The van der Waals surface area contributed by atoms with Crippen LogP contribution in [0.4, 0.5) is 5.95 Å². The minimum Gasteiger partial charge on any atom is -0.547 e. The molecule has 1 heterocycles. The molecule has 64 valence electrons. The zero-order valence-electron chi connectivity index (χ0n) is 6.84. The van der Waals surface area contributed by atoms with Gasteiger partial charge in [-0.1, -0.05) is 4.98 Å². The van der Waals surface area contributed by atoms with Crippen LogP contribution < -0.4 is 34.7 Å². The van der Waals surface area contributed by atoms with Gasteiger partial charge in [-0.3, -0.25) is 0 Å². The quantitative estimate of drug-likeness (QED) is 0.274. The van der Waals surface area contributed by atoms with Crippen LogP contribution in [0.1, 0.15) is 0 Å². The molecule has 1 aromatic heterocycles. The monoisotopic (exact) mass is 193 g/mol. The Hall–Kier alpha value is -0.920. The first-order valence-electron chi connectivity index (χ1n) is 2.96. The standard InChI is InChI=1S/C5H5N3O4.Na/c9-4(10)3-7-2-1-6-5(7)8(11)12;/h1-2H,3H2,(H,9,10);/q;+1/p-1. The van der Waals surface area contributed by atoms with Crippen molar-refractivity contribution in [1.29, 1.82) is 0 Å². The number of nitrogens with zero attached hydrogens (tertiary/aromatic N) is 3. The number of nitro groups is 1. The zero-order valence-corrected chi connectivity index (χ0v) is 8.84. The maximum absolute atomic E-state index is 10.2. The summed E-state index contributed by atoms with van der Waals surface area (Å²) in [5.74, 6) is -1.89. The number of carbonyl (C=O) groups is 1. The number of aromatic nitrogens is 2. The van der Waals surface area contributed by atoms with Gasteiger partial charge in [0.15, 0.2) is 0 Å². The van der Waals surface area contributed by atoms with Crippen molar-refractivity contribution in [1.82, 2.24) is 9.55 Å². The van der Waals surface area contributed by atoms with Crippen LogP contribution in [0.25, 0.3) is 0 Å². The molecule has 0 radical (unpaired) electrons. The Morgan fingerprint density at radius 2 is 2.31 bits per heavy atom. The Bertz CT molecular complexity index is 323. The second-order valence-corrected chi connectivity index (χ2v) is 1.98. The van der Waals surface area contributed by atoms with E-state index in [9.17, 15) is 20.0 Å². The second-order valence-electron chi connectivity index (χ2n) is 1.98. The van der Waals surface area contributed by atoms with Gasteiger partial charge in [-0.2, -0.15) is 0 Å². The Labute approximate surface area is 94.8 Å². The summed E-state index contributed by atoms with van der Waals surface area (Å²) in [6.07, 6.45) is 2.36. The molecule has 0 spiro atoms. The number of aliphatic carboxylic acids is 1. The fourth-order valence-electron chi connectivity index (χ4n) is 0.736. The van der Waals surface area contributed by atoms with Gasteiger partial charge in [0, 0.05) is 0 Å². The minimum absolute atomic E-state index is 0. The van der Waals surface area contributed by atoms with Gasteiger partial charge in [-0.25, -0.2) is 4.57 Å². The topological polar surface area (TPSA) is 101 Å². The molecule has 0 unspecified atom stereocenters. The first kappa shape index (κ1) is 12.1. The molecule has 0 aromatic carbocycles. The van der Waals surface area contributed by atoms with Gasteiger partial charge in [0.2, 0.25) is 0 Å². The van der Waals surface area contributed by atoms with Gasteiger partial charge in [0.25, 0.3) is 0 Å². The predicted molar refractivity (Wildman–Crippen MR) is 33.9 cm³/mol. The van der Waals surface area contributed by atoms with Crippen LogP contribution in [-0.2, 0) is 11.3 Å². The third kappa shape index (κ3) is 3.13. The van der Waals surface area contributed by atoms with Crippen LogP contribution in [0, 0.1) is 10.1 Å². The van der Waals surface area contributed by atoms with Crippen molar-refractivity contribution in [3.8, 4) is 0 Å². The maximum Gasteiger partial charge on any atom is 1.00 e. The summed E-state index contributed by atoms with van der Waals surface area (Å²) >= 11 is 0. The van der Waals surface area contributed by atoms with Gasteiger partial charge in [0.05, 0.1) is 5.97 Å². The fraction of sp³-hybridized carbons (Fsp3) is 0.200. The Morgan fingerprint density at radius 3 is 2.77 bits per heavy atom. The molecule has 1 rings (SSSR count). The minimum atomic E-state index is -1.39. The number of rotatable bonds is 3. The van der Waals surface area contributed by atoms with Gasteiger partial charge < -0.3 is 20.0 Å². The molecule has 13 heavy (non-hydrogen) atoms. The van der Waals surface area contributed by atoms with E-state index in [0.29, 0.717) is 0 Å². The molecule has 0 fully saturated rings. The van der Waals surface area contributed by atoms with Crippen molar-refractivity contribution >= 4 is 11.9 Å². The van der Waals surface area contributed by atoms with E-state index in [0.717, 1.165) is 10.8 Å². The van der Waals surface area contributed by atoms with Crippen LogP contribution in [0.3, 0.4) is 0 Å². The van der Waals surface area contributed by atoms with Crippen LogP contribution in [0.5, 0.6) is 0 Å². The number of carbonyl (C=O) groups excluding carboxylic acids is 1. The van der Waals surface area contributed by atoms with Gasteiger partial charge in [-0.15, -0.1) is 0 Å². The number of carboxylic acid groups (broad SMARTS) is 1. The zero-order chi connectivity index (χ0) is 9.14. The average Bonchev–Trinajstić information content (AvgIpc) is 2.33. The summed E-state index contributed by atoms with van der Waals surface area (Å²) in [7, 11) is 0. The van der Waals surface area contributed by atoms with E-state index in [4.69, 9.17) is 0 Å². The van der Waals surface area contributed by atoms with Crippen LogP contribution in [0.2, 0.25) is 0 Å². The predicted octanol–water partition coefficient (Wildman–Crippen LogP) is -4.45. The van der Waals surface area contributed by atoms with Crippen molar-refractivity contribution in [3.63, 3.8) is 0 Å². The first-order valence-corrected chi connectivity index (χ1v) is 2.96. The van der Waals surface area contributed by atoms with Crippen molar-refractivity contribution < 1.29 is 44.4 Å². The average molecular weight is 193 g/mol. The number of imidazole rings is 1. The molecule has 0 amide bonds. The summed E-state index contributed by atoms with van der Waals surface area (Å²) in [6, 6.07) is 0. The van der Waals surface area contributed by atoms with Gasteiger partial charge >= 0.3 is 35.5 Å². The van der Waals surface area contributed by atoms with Crippen molar-refractivity contribution in [2.75, 3.05) is 0 Å². The van der Waals surface area contributed by atoms with Gasteiger partial charge in [0.1, 0.15) is 18.9 Å². The van der Waals surface area contributed by atoms with E-state index in [1.807, 2.05) is 0 Å². The van der Waals surface area contributed by atoms with E-state index in [2.05, 4.69) is 4.98 Å². The molecule has 1 aromatic rings. The Kier molecular flexibility index (Phi) is 4.60. The van der Waals surface area contributed by atoms with Crippen LogP contribution >= 0.6 is 0 Å². The summed E-state index contributed by atoms with van der Waals surface area (Å²) in [5, 5.41) is 20.2. The molecule has 0 N–H and O–H groups in total. The normalized spacial score (nSPS) is 8.92. The van der Waals surface area contributed by atoms with Crippen molar-refractivity contribution in [2.24, 2.45) is 0 Å². The van der Waals surface area contributed by atoms with E-state index in [1.54, 1.807) is 0 Å². The summed E-state index contributed by atoms with van der Waals surface area (Å²) in [6.45, 7) is -0.559. The number of hydrogen-bond donors (Lipinski definition) is 0. The summed E-state index contributed by atoms with van der Waals surface area (Å²) in [4.78, 5) is 22.8. The Balaban J connectivity index is 0.00000144. The third-order valence-electron chi connectivity index (χ3n) is 1.16. The third-order valence-corrected chi connectivity index (χ3v) is 1.16. The SMILES string of the molecule is O=C([O-])Cn1ccnc1[N+](=O)[O-].[Na+]. The molecular formula is C5H4N3NaO4. The van der Waals surface area contributed by atoms with Crippen LogP contribution in [-0.4, -0.2) is 20.4 Å². The summed E-state index contributed by atoms with van der Waals surface area (Å²) < 4.78 is 0.884. The molecule has 0 atom stereocenters. The molecule has 0 aliphatic carbocycles. The van der Waals surface area contributed by atoms with E-state index < -0.39 is 23.4 Å². The molecule has 0 aliphatic rings. The number of carboxylic acids is 1. The molecule has 0 bridgehead atoms. The molecule has 7 nitrogen and oxygen atoms in total. The van der Waals surface area contributed by atoms with Gasteiger partial charge in [-0.05, 0) is 4.92 Å². The second kappa shape index (κ2) is 4.95. The van der Waals surface area contributed by atoms with Crippen molar-refractivity contribution in [3.05, 3.63) is 22.5 Å². The molecule has 0 aliphatic heterocycles. The summed E-state index contributed by atoms with van der Waals surface area (Å²) in [5.41, 5.74) is 0. The van der Waals surface area contributed by atoms with E-state index in [1.165, 1.54) is 6.20 Å². The molecule has 8 heteroatoms.